The first-order chi connectivity index (χ1) is 64.1. The number of H-pyrrole nitrogens is 1. The number of nitrogens with one attached hydrogen (secondary N) is 5. The summed E-state index contributed by atoms with van der Waals surface area (Å²) in [6.07, 6.45) is -3.97. The average Bonchev–Trinajstić information content (AvgIpc) is 1.31. The number of amides is 9. The van der Waals surface area contributed by atoms with Gasteiger partial charge in [-0.2, -0.15) is 0 Å². The average molecular weight is 1860 g/mol. The van der Waals surface area contributed by atoms with E-state index in [0.717, 1.165) is 93.4 Å². The number of non-ortho nitro benzene ring substituents is 1. The monoisotopic (exact) mass is 1860 g/mol. The number of nitro benzene ring substituents is 1. The Kier molecular flexibility index (Phi) is 28.7. The van der Waals surface area contributed by atoms with Crippen LogP contribution in [0.25, 0.3) is 43.9 Å². The highest BCUT2D eigenvalue weighted by molar-refractivity contribution is 8.76. The molecule has 4 aliphatic carbocycles. The molecule has 40 heteroatoms. The number of aliphatic carboxylic acids is 1. The molecule has 2 bridgehead atoms. The topological polar surface area (TPSA) is 497 Å². The molecule has 4 unspecified atom stereocenters. The van der Waals surface area contributed by atoms with Gasteiger partial charge in [0.15, 0.2) is 6.10 Å². The van der Waals surface area contributed by atoms with Crippen molar-refractivity contribution in [2.45, 2.75) is 99.1 Å². The molecule has 1 fully saturated rings. The number of phosphoric acid groups is 1. The molecule has 2 aliphatic heterocycles. The normalized spacial score (nSPS) is 16.4. The van der Waals surface area contributed by atoms with Crippen LogP contribution in [0, 0.1) is 40.7 Å². The van der Waals surface area contributed by atoms with Gasteiger partial charge in [0.2, 0.25) is 23.2 Å². The van der Waals surface area contributed by atoms with E-state index in [1.165, 1.54) is 35.3 Å². The van der Waals surface area contributed by atoms with E-state index in [4.69, 9.17) is 28.5 Å². The lowest BCUT2D eigenvalue weighted by molar-refractivity contribution is -0.384. The Morgan fingerprint density at radius 2 is 1.38 bits per heavy atom. The third-order valence-electron chi connectivity index (χ3n) is 22.6. The minimum atomic E-state index is -4.98. The SMILES string of the molecule is Cc1nc2ccc3ccc(CN(C(=O)OCC4c5ccccc5-c5ccccc54)c4ccc5c(c4)CN(C(CCC(=O)NCCNC(=O)OC4C#C/C=C\C#CC6(OC(=O)N(CCOCC(=O)ON7C(=O)CCC7=O)c7cc([N+](=O)[O-])ccc7SSCC(NC(=O)OCC7c8ccccc8-c8ccccc87)C(=O)NCCOP(=O)(O)O)CCC=C4C6=O)C(=O)O)C5=O)cc3c2c(=O)[nH]1. The van der Waals surface area contributed by atoms with Crippen molar-refractivity contribution < 1.29 is 115 Å². The van der Waals surface area contributed by atoms with Crippen LogP contribution in [0.15, 0.2) is 197 Å². The smallest absolute Gasteiger partial charge is 0.469 e. The molecular weight excluding hydrogens is 1780 g/mol. The number of benzene rings is 8. The van der Waals surface area contributed by atoms with Crippen LogP contribution in [0.3, 0.4) is 0 Å². The Labute approximate surface area is 764 Å². The van der Waals surface area contributed by atoms with Crippen LogP contribution < -0.4 is 36.6 Å². The zero-order valence-electron chi connectivity index (χ0n) is 70.6. The van der Waals surface area contributed by atoms with Crippen molar-refractivity contribution in [1.82, 2.24) is 41.2 Å². The van der Waals surface area contributed by atoms with Crippen molar-refractivity contribution >= 4 is 140 Å². The number of alkyl carbamates (subject to hydrolysis) is 2. The number of carboxylic acids is 1. The summed E-state index contributed by atoms with van der Waals surface area (Å²) in [4.78, 5) is 225. The van der Waals surface area contributed by atoms with E-state index in [1.807, 2.05) is 115 Å². The molecule has 1 aromatic heterocycles. The number of imide groups is 1. The predicted octanol–water partition coefficient (Wildman–Crippen LogP) is 10.4. The zero-order valence-corrected chi connectivity index (χ0v) is 73.1. The molecule has 0 radical (unpaired) electrons. The van der Waals surface area contributed by atoms with Crippen LogP contribution in [0.5, 0.6) is 0 Å². The number of nitro groups is 1. The number of ether oxygens (including phenoxy) is 5. The van der Waals surface area contributed by atoms with Gasteiger partial charge < -0.3 is 74.6 Å². The number of carbonyl (C=O) groups is 12. The van der Waals surface area contributed by atoms with Crippen LogP contribution in [0.4, 0.5) is 36.2 Å². The summed E-state index contributed by atoms with van der Waals surface area (Å²) in [5, 5.41) is 35.3. The van der Waals surface area contributed by atoms with Gasteiger partial charge in [-0.3, -0.25) is 58.0 Å². The standard InChI is InChI=1S/C93H82N11O26PS2/c1-54-97-73-31-27-56-26-25-55(45-70(56)83(73)86(111)98-54)48-101(91(117)126-51-72-67-21-11-7-17-63(67)64-18-8-12-22-68(64)72)58-28-30-60-57(46-58)49-102(87(60)112)75(88(113)114)32-34-79(105)94-39-40-96-89(115)128-77-24-4-2-3-13-37-93(38-14-23-69(77)84(93)109)129-92(118)100(42-44-124-52-82(108)130-103-80(106)35-36-81(103)107)76-47-59(104(119)120)29-33-78(76)133-132-53-74(85(110)95-41-43-127-131(121,122)123)99-90(116)125-50-71-65-19-9-5-15-61(65)62-16-6-10-20-66(62)71/h2-3,5-12,15-23,25-31,33,45-47,71-72,74-75,77H,14,32,34-36,38-44,48-53H2,1H3,(H,94,105)(H,95,110)(H,96,115)(H,99,116)(H,113,114)(H,97,98,111)(H2,121,122,123)/b3-2-. The maximum atomic E-state index is 15.3. The molecular formula is C93H82N11O26PS2. The Bertz CT molecular complexity index is 6470. The summed E-state index contributed by atoms with van der Waals surface area (Å²) in [6, 6.07) is 44.7. The molecule has 4 atom stereocenters. The summed E-state index contributed by atoms with van der Waals surface area (Å²) >= 11 is 0. The molecule has 0 spiro atoms. The second kappa shape index (κ2) is 41.1. The maximum Gasteiger partial charge on any atom is 0.469 e. The lowest BCUT2D eigenvalue weighted by Gasteiger charge is -2.34. The molecule has 682 valence electrons. The molecule has 37 nitrogen and oxygen atoms in total. The third kappa shape index (κ3) is 21.5. The molecule has 9 aromatic rings. The number of aromatic nitrogens is 2. The van der Waals surface area contributed by atoms with Gasteiger partial charge in [-0.1, -0.05) is 155 Å². The zero-order chi connectivity index (χ0) is 93.8. The number of phosphoric ester groups is 1. The van der Waals surface area contributed by atoms with E-state index >= 15 is 9.59 Å². The number of allylic oxidation sites excluding steroid dienone is 3. The van der Waals surface area contributed by atoms with Crippen molar-refractivity contribution in [3.63, 3.8) is 0 Å². The van der Waals surface area contributed by atoms with Crippen molar-refractivity contribution in [2.75, 3.05) is 74.8 Å². The third-order valence-corrected chi connectivity index (χ3v) is 25.5. The van der Waals surface area contributed by atoms with Crippen LogP contribution in [0.1, 0.15) is 99.9 Å². The fourth-order valence-electron chi connectivity index (χ4n) is 16.3. The van der Waals surface area contributed by atoms with Crippen LogP contribution in [-0.4, -0.2) is 200 Å². The lowest BCUT2D eigenvalue weighted by Crippen LogP contribution is -2.50. The van der Waals surface area contributed by atoms with E-state index in [-0.39, 0.29) is 116 Å². The highest BCUT2D eigenvalue weighted by atomic mass is 33.1. The number of nitrogens with zero attached hydrogens (tertiary/aromatic N) is 6. The predicted molar refractivity (Wildman–Crippen MR) is 480 cm³/mol. The summed E-state index contributed by atoms with van der Waals surface area (Å²) in [5.41, 5.74) is 5.49. The first kappa shape index (κ1) is 92.9. The molecule has 6 aliphatic rings. The van der Waals surface area contributed by atoms with Crippen LogP contribution in [0.2, 0.25) is 0 Å². The van der Waals surface area contributed by atoms with Gasteiger partial charge in [0.1, 0.15) is 37.7 Å². The quantitative estimate of drug-likeness (QED) is 0.00210. The molecule has 3 heterocycles. The van der Waals surface area contributed by atoms with E-state index < -0.39 is 159 Å². The van der Waals surface area contributed by atoms with Crippen LogP contribution >= 0.6 is 29.4 Å². The summed E-state index contributed by atoms with van der Waals surface area (Å²) in [6.45, 7) is -2.79. The fourth-order valence-corrected chi connectivity index (χ4v) is 19.0. The molecule has 15 rings (SSSR count). The van der Waals surface area contributed by atoms with Gasteiger partial charge in [0.05, 0.1) is 47.8 Å². The summed E-state index contributed by atoms with van der Waals surface area (Å²) < 4.78 is 45.4. The Hall–Kier alpha value is -14.8. The van der Waals surface area contributed by atoms with Crippen molar-refractivity contribution in [3.05, 3.63) is 253 Å². The number of hydrogen-bond donors (Lipinski definition) is 8. The van der Waals surface area contributed by atoms with Gasteiger partial charge in [0.25, 0.3) is 29.0 Å². The van der Waals surface area contributed by atoms with Gasteiger partial charge in [-0.25, -0.2) is 38.3 Å². The molecule has 0 saturated carbocycles. The van der Waals surface area contributed by atoms with Crippen molar-refractivity contribution in [2.24, 2.45) is 0 Å². The Morgan fingerprint density at radius 3 is 2.05 bits per heavy atom. The van der Waals surface area contributed by atoms with Gasteiger partial charge in [0, 0.05) is 103 Å². The van der Waals surface area contributed by atoms with E-state index in [9.17, 15) is 82.3 Å². The molecule has 8 aromatic carbocycles. The minimum Gasteiger partial charge on any atom is -0.480 e. The largest absolute Gasteiger partial charge is 0.480 e. The highest BCUT2D eigenvalue weighted by Crippen LogP contribution is 2.48. The van der Waals surface area contributed by atoms with Crippen molar-refractivity contribution in [1.29, 1.82) is 0 Å². The second-order valence-electron chi connectivity index (χ2n) is 31.1. The highest BCUT2D eigenvalue weighted by Gasteiger charge is 2.49. The first-order valence-electron chi connectivity index (χ1n) is 41.8. The Morgan fingerprint density at radius 1 is 0.729 bits per heavy atom. The number of anilines is 2. The van der Waals surface area contributed by atoms with Gasteiger partial charge in [-0.15, -0.1) is 5.06 Å². The van der Waals surface area contributed by atoms with Crippen molar-refractivity contribution in [3.8, 4) is 45.9 Å². The number of hydrogen-bond acceptors (Lipinski definition) is 26. The molecule has 9 amide bonds. The number of rotatable bonds is 35. The number of fused-ring (bicyclic) bond motifs is 12. The number of hydroxylamine groups is 2. The van der Waals surface area contributed by atoms with E-state index in [1.54, 1.807) is 31.2 Å². The summed E-state index contributed by atoms with van der Waals surface area (Å²) in [5.74, 6) is 2.56. The molecule has 8 N–H and O–H groups in total. The van der Waals surface area contributed by atoms with E-state index in [2.05, 4.69) is 59.4 Å². The van der Waals surface area contributed by atoms with Crippen LogP contribution in [-0.2, 0) is 84.3 Å². The number of aryl methyl sites for hydroxylation is 1. The number of carbonyl (C=O) groups excluding carboxylic acids is 11. The molecule has 1 saturated heterocycles. The fraction of sp³-hybridized carbons (Fsp3) is 0.269. The number of carboxylic acid groups (broad SMARTS) is 1. The number of ketones is 1. The maximum absolute atomic E-state index is 15.3. The second-order valence-corrected chi connectivity index (χ2v) is 34.7. The first-order valence-corrected chi connectivity index (χ1v) is 45.6. The van der Waals surface area contributed by atoms with E-state index in [0.29, 0.717) is 38.9 Å². The minimum absolute atomic E-state index is 0.0154. The number of Topliss-reactive ketones (excluding diaryl/α,β-unsaturated/α-hetero) is 1. The summed E-state index contributed by atoms with van der Waals surface area (Å²) in [7, 11) is -3.32. The molecule has 133 heavy (non-hydrogen) atoms. The van der Waals surface area contributed by atoms with Gasteiger partial charge in [-0.05, 0) is 147 Å². The Balaban J connectivity index is 0.591. The lowest BCUT2D eigenvalue weighted by atomic mass is 9.81. The number of aromatic amines is 1. The van der Waals surface area contributed by atoms with Gasteiger partial charge >= 0.3 is 44.1 Å².